The van der Waals surface area contributed by atoms with Gasteiger partial charge in [-0.2, -0.15) is 0 Å². The molecule has 1 aromatic heterocycles. The summed E-state index contributed by atoms with van der Waals surface area (Å²) in [4.78, 5) is 19.6. The summed E-state index contributed by atoms with van der Waals surface area (Å²) < 4.78 is 0. The van der Waals surface area contributed by atoms with Crippen LogP contribution in [0.2, 0.25) is 0 Å². The fraction of sp³-hybridized carbons (Fsp3) is 0.414. The quantitative estimate of drug-likeness (QED) is 0.389. The third-order valence-electron chi connectivity index (χ3n) is 6.69. The first-order chi connectivity index (χ1) is 15.9. The molecule has 0 aliphatic carbocycles. The molecule has 4 heteroatoms. The number of nitrogens with zero attached hydrogens (tertiary/aromatic N) is 2. The van der Waals surface area contributed by atoms with Crippen molar-refractivity contribution in [1.29, 1.82) is 0 Å². The molecular formula is C29H36N2OS. The number of hydrogen-bond donors (Lipinski definition) is 0. The summed E-state index contributed by atoms with van der Waals surface area (Å²) in [5, 5.41) is 2.16. The number of carbonyl (C=O) groups is 1. The molecule has 0 radical (unpaired) electrons. The molecule has 1 fully saturated rings. The van der Waals surface area contributed by atoms with Crippen molar-refractivity contribution in [3.63, 3.8) is 0 Å². The van der Waals surface area contributed by atoms with Crippen molar-refractivity contribution in [2.45, 2.75) is 40.2 Å². The lowest BCUT2D eigenvalue weighted by Crippen LogP contribution is -2.39. The van der Waals surface area contributed by atoms with Crippen molar-refractivity contribution in [3.05, 3.63) is 93.2 Å². The lowest BCUT2D eigenvalue weighted by Gasteiger charge is -2.30. The van der Waals surface area contributed by atoms with Crippen molar-refractivity contribution in [2.75, 3.05) is 26.2 Å². The minimum atomic E-state index is 0.156. The summed E-state index contributed by atoms with van der Waals surface area (Å²) >= 11 is 1.83. The van der Waals surface area contributed by atoms with E-state index in [0.29, 0.717) is 17.8 Å². The van der Waals surface area contributed by atoms with Crippen molar-refractivity contribution in [1.82, 2.24) is 9.80 Å². The van der Waals surface area contributed by atoms with Crippen LogP contribution in [0.1, 0.15) is 51.7 Å². The van der Waals surface area contributed by atoms with Gasteiger partial charge in [-0.15, -0.1) is 11.3 Å². The number of likely N-dealkylation sites (tertiary alicyclic amines) is 1. The molecule has 33 heavy (non-hydrogen) atoms. The van der Waals surface area contributed by atoms with Crippen molar-refractivity contribution in [3.8, 4) is 0 Å². The summed E-state index contributed by atoms with van der Waals surface area (Å²) in [6.45, 7) is 13.3. The third kappa shape index (κ3) is 5.93. The van der Waals surface area contributed by atoms with Crippen LogP contribution in [0, 0.1) is 25.7 Å². The van der Waals surface area contributed by atoms with E-state index in [-0.39, 0.29) is 5.91 Å². The van der Waals surface area contributed by atoms with E-state index in [1.54, 1.807) is 0 Å². The monoisotopic (exact) mass is 460 g/mol. The molecule has 2 aromatic carbocycles. The van der Waals surface area contributed by atoms with Crippen LogP contribution in [0.3, 0.4) is 0 Å². The maximum absolute atomic E-state index is 13.5. The van der Waals surface area contributed by atoms with Gasteiger partial charge in [-0.25, -0.2) is 0 Å². The molecule has 2 unspecified atom stereocenters. The molecular weight excluding hydrogens is 424 g/mol. The van der Waals surface area contributed by atoms with E-state index in [1.165, 1.54) is 21.6 Å². The minimum Gasteiger partial charge on any atom is -0.338 e. The number of aryl methyl sites for hydroxylation is 2. The highest BCUT2D eigenvalue weighted by molar-refractivity contribution is 7.09. The fourth-order valence-corrected chi connectivity index (χ4v) is 5.84. The minimum absolute atomic E-state index is 0.156. The molecule has 1 aliphatic heterocycles. The zero-order valence-corrected chi connectivity index (χ0v) is 21.1. The van der Waals surface area contributed by atoms with Crippen LogP contribution in [0.25, 0.3) is 0 Å². The van der Waals surface area contributed by atoms with Gasteiger partial charge >= 0.3 is 0 Å². The molecule has 3 nitrogen and oxygen atoms in total. The zero-order chi connectivity index (χ0) is 23.4. The van der Waals surface area contributed by atoms with E-state index in [9.17, 15) is 4.79 Å². The lowest BCUT2D eigenvalue weighted by molar-refractivity contribution is 0.0703. The Kier molecular flexibility index (Phi) is 7.67. The predicted octanol–water partition coefficient (Wildman–Crippen LogP) is 6.38. The molecule has 2 heterocycles. The smallest absolute Gasteiger partial charge is 0.253 e. The van der Waals surface area contributed by atoms with Gasteiger partial charge in [0, 0.05) is 49.1 Å². The Bertz CT molecular complexity index is 1040. The zero-order valence-electron chi connectivity index (χ0n) is 20.3. The Morgan fingerprint density at radius 3 is 2.45 bits per heavy atom. The maximum atomic E-state index is 13.5. The van der Waals surface area contributed by atoms with Gasteiger partial charge in [-0.3, -0.25) is 9.69 Å². The second-order valence-corrected chi connectivity index (χ2v) is 11.0. The maximum Gasteiger partial charge on any atom is 0.253 e. The third-order valence-corrected chi connectivity index (χ3v) is 7.55. The highest BCUT2D eigenvalue weighted by Crippen LogP contribution is 2.36. The summed E-state index contributed by atoms with van der Waals surface area (Å²) in [6.07, 6.45) is 0. The molecule has 0 spiro atoms. The number of carbonyl (C=O) groups excluding carboxylic acids is 1. The SMILES string of the molecule is Cc1ccc(C(=O)N(CC(C)C)CC2CN(Cc3cccs3)CC2c2ccccc2C)cc1. The molecule has 1 saturated heterocycles. The van der Waals surface area contributed by atoms with Crippen molar-refractivity contribution >= 4 is 17.2 Å². The van der Waals surface area contributed by atoms with E-state index in [2.05, 4.69) is 79.3 Å². The largest absolute Gasteiger partial charge is 0.338 e. The highest BCUT2D eigenvalue weighted by atomic mass is 32.1. The highest BCUT2D eigenvalue weighted by Gasteiger charge is 2.36. The van der Waals surface area contributed by atoms with Gasteiger partial charge < -0.3 is 4.90 Å². The van der Waals surface area contributed by atoms with E-state index in [0.717, 1.165) is 38.3 Å². The van der Waals surface area contributed by atoms with E-state index in [1.807, 2.05) is 35.6 Å². The van der Waals surface area contributed by atoms with Gasteiger partial charge in [0.15, 0.2) is 0 Å². The average Bonchev–Trinajstić information content (AvgIpc) is 3.43. The fourth-order valence-electron chi connectivity index (χ4n) is 5.10. The normalized spacial score (nSPS) is 18.7. The van der Waals surface area contributed by atoms with Crippen LogP contribution >= 0.6 is 11.3 Å². The first-order valence-corrected chi connectivity index (χ1v) is 12.9. The van der Waals surface area contributed by atoms with Crippen LogP contribution < -0.4 is 0 Å². The van der Waals surface area contributed by atoms with Crippen LogP contribution in [0.15, 0.2) is 66.0 Å². The predicted molar refractivity (Wildman–Crippen MR) is 139 cm³/mol. The molecule has 1 amide bonds. The molecule has 174 valence electrons. The summed E-state index contributed by atoms with van der Waals surface area (Å²) in [7, 11) is 0. The van der Waals surface area contributed by atoms with Crippen molar-refractivity contribution in [2.24, 2.45) is 11.8 Å². The van der Waals surface area contributed by atoms with Crippen LogP contribution in [0.5, 0.6) is 0 Å². The topological polar surface area (TPSA) is 23.6 Å². The van der Waals surface area contributed by atoms with Crippen LogP contribution in [-0.2, 0) is 6.54 Å². The van der Waals surface area contributed by atoms with Crippen LogP contribution in [-0.4, -0.2) is 41.9 Å². The van der Waals surface area contributed by atoms with Gasteiger partial charge in [-0.05, 0) is 60.4 Å². The average molecular weight is 461 g/mol. The summed E-state index contributed by atoms with van der Waals surface area (Å²) in [6, 6.07) is 21.2. The number of benzene rings is 2. The molecule has 0 bridgehead atoms. The number of hydrogen-bond acceptors (Lipinski definition) is 3. The number of thiophene rings is 1. The Morgan fingerprint density at radius 1 is 1.03 bits per heavy atom. The Balaban J connectivity index is 1.59. The van der Waals surface area contributed by atoms with Gasteiger partial charge in [0.1, 0.15) is 0 Å². The van der Waals surface area contributed by atoms with Gasteiger partial charge in [0.05, 0.1) is 0 Å². The van der Waals surface area contributed by atoms with Crippen LogP contribution in [0.4, 0.5) is 0 Å². The first kappa shape index (κ1) is 23.7. The van der Waals surface area contributed by atoms with E-state index >= 15 is 0 Å². The molecule has 4 rings (SSSR count). The molecule has 3 aromatic rings. The number of amides is 1. The first-order valence-electron chi connectivity index (χ1n) is 12.1. The van der Waals surface area contributed by atoms with Gasteiger partial charge in [0.25, 0.3) is 5.91 Å². The molecule has 1 aliphatic rings. The Morgan fingerprint density at radius 2 is 1.79 bits per heavy atom. The Labute approximate surface area is 203 Å². The Hall–Kier alpha value is -2.43. The molecule has 0 saturated carbocycles. The molecule has 2 atom stereocenters. The lowest BCUT2D eigenvalue weighted by atomic mass is 9.86. The summed E-state index contributed by atoms with van der Waals surface area (Å²) in [5.41, 5.74) is 4.76. The standard InChI is InChI=1S/C29H36N2OS/c1-21(2)16-31(29(32)24-13-11-22(3)12-14-24)18-25-17-30(19-26-9-7-15-33-26)20-28(25)27-10-6-5-8-23(27)4/h5-15,21,25,28H,16-20H2,1-4H3. The van der Waals surface area contributed by atoms with Crippen molar-refractivity contribution < 1.29 is 4.79 Å². The van der Waals surface area contributed by atoms with E-state index < -0.39 is 0 Å². The van der Waals surface area contributed by atoms with Gasteiger partial charge in [0.2, 0.25) is 0 Å². The molecule has 0 N–H and O–H groups in total. The number of rotatable bonds is 8. The summed E-state index contributed by atoms with van der Waals surface area (Å²) in [5.74, 6) is 1.44. The van der Waals surface area contributed by atoms with E-state index in [4.69, 9.17) is 0 Å². The van der Waals surface area contributed by atoms with Gasteiger partial charge in [-0.1, -0.05) is 61.9 Å². The second-order valence-electron chi connectivity index (χ2n) is 9.97. The second kappa shape index (κ2) is 10.7.